The highest BCUT2D eigenvalue weighted by Crippen LogP contribution is 2.40. The molecule has 0 bridgehead atoms. The molecule has 1 amide bonds. The molecule has 0 radical (unpaired) electrons. The lowest BCUT2D eigenvalue weighted by atomic mass is 10.0. The van der Waals surface area contributed by atoms with E-state index in [-0.39, 0.29) is 17.1 Å². The van der Waals surface area contributed by atoms with Crippen molar-refractivity contribution in [1.29, 1.82) is 0 Å². The molecule has 1 fully saturated rings. The number of thioether (sulfide) groups is 1. The monoisotopic (exact) mass is 410 g/mol. The maximum absolute atomic E-state index is 12.7. The Morgan fingerprint density at radius 2 is 2.00 bits per heavy atom. The summed E-state index contributed by atoms with van der Waals surface area (Å²) in [5.74, 6) is 2.61. The first-order chi connectivity index (χ1) is 14.1. The number of amides is 1. The van der Waals surface area contributed by atoms with Crippen LogP contribution in [0.15, 0.2) is 58.3 Å². The predicted octanol–water partition coefficient (Wildman–Crippen LogP) is 4.20. The van der Waals surface area contributed by atoms with Gasteiger partial charge in [-0.25, -0.2) is 0 Å². The number of rotatable bonds is 9. The van der Waals surface area contributed by atoms with Gasteiger partial charge in [0.15, 0.2) is 5.16 Å². The first-order valence-corrected chi connectivity index (χ1v) is 10.9. The zero-order valence-corrected chi connectivity index (χ0v) is 17.6. The van der Waals surface area contributed by atoms with Gasteiger partial charge in [-0.1, -0.05) is 49.0 Å². The lowest BCUT2D eigenvalue weighted by molar-refractivity contribution is -0.120. The first kappa shape index (κ1) is 19.8. The van der Waals surface area contributed by atoms with Crippen LogP contribution in [-0.2, 0) is 11.3 Å². The van der Waals surface area contributed by atoms with E-state index in [1.165, 1.54) is 17.3 Å². The van der Waals surface area contributed by atoms with Gasteiger partial charge in [0.2, 0.25) is 5.91 Å². The standard InChI is InChI=1S/C22H26N4O2S/c1-15(17-7-4-3-5-8-17)13-23-21(27)16(2)29-22-25-24-20(18-10-11-18)26(22)14-19-9-6-12-28-19/h3-9,12,15-16,18H,10-11,13-14H2,1-2H3,(H,23,27). The molecule has 7 heteroatoms. The van der Waals surface area contributed by atoms with Crippen LogP contribution in [0.5, 0.6) is 0 Å². The normalized spacial score (nSPS) is 15.8. The molecule has 0 spiro atoms. The summed E-state index contributed by atoms with van der Waals surface area (Å²) in [5.41, 5.74) is 1.22. The van der Waals surface area contributed by atoms with E-state index in [1.807, 2.05) is 37.3 Å². The minimum absolute atomic E-state index is 0.0123. The summed E-state index contributed by atoms with van der Waals surface area (Å²) in [6, 6.07) is 14.1. The lowest BCUT2D eigenvalue weighted by Gasteiger charge is -2.16. The van der Waals surface area contributed by atoms with E-state index >= 15 is 0 Å². The largest absolute Gasteiger partial charge is 0.467 e. The van der Waals surface area contributed by atoms with E-state index in [1.54, 1.807) is 6.26 Å². The molecule has 1 aliphatic rings. The topological polar surface area (TPSA) is 73.0 Å². The Kier molecular flexibility index (Phi) is 6.04. The van der Waals surface area contributed by atoms with Crippen LogP contribution in [0.1, 0.15) is 55.7 Å². The number of carbonyl (C=O) groups excluding carboxylic acids is 1. The van der Waals surface area contributed by atoms with Gasteiger partial charge in [0, 0.05) is 12.5 Å². The molecule has 2 atom stereocenters. The third kappa shape index (κ3) is 4.90. The van der Waals surface area contributed by atoms with Gasteiger partial charge < -0.3 is 9.73 Å². The minimum atomic E-state index is -0.260. The molecular weight excluding hydrogens is 384 g/mol. The van der Waals surface area contributed by atoms with Crippen LogP contribution in [-0.4, -0.2) is 32.5 Å². The number of hydrogen-bond acceptors (Lipinski definition) is 5. The highest BCUT2D eigenvalue weighted by atomic mass is 32.2. The molecule has 3 aromatic rings. The van der Waals surface area contributed by atoms with Crippen LogP contribution in [0.2, 0.25) is 0 Å². The van der Waals surface area contributed by atoms with Crippen molar-refractivity contribution in [2.24, 2.45) is 0 Å². The summed E-state index contributed by atoms with van der Waals surface area (Å²) < 4.78 is 7.61. The van der Waals surface area contributed by atoms with Crippen LogP contribution in [0.25, 0.3) is 0 Å². The molecule has 1 saturated carbocycles. The molecule has 0 aliphatic heterocycles. The molecule has 1 N–H and O–H groups in total. The van der Waals surface area contributed by atoms with Crippen molar-refractivity contribution in [2.45, 2.75) is 55.5 Å². The van der Waals surface area contributed by atoms with Gasteiger partial charge in [0.05, 0.1) is 18.1 Å². The second-order valence-corrected chi connectivity index (χ2v) is 8.91. The average Bonchev–Trinajstić information content (AvgIpc) is 3.32. The summed E-state index contributed by atoms with van der Waals surface area (Å²) >= 11 is 1.45. The van der Waals surface area contributed by atoms with E-state index in [0.29, 0.717) is 19.0 Å². The van der Waals surface area contributed by atoms with Crippen molar-refractivity contribution in [2.75, 3.05) is 6.54 Å². The number of furan rings is 1. The molecule has 152 valence electrons. The summed E-state index contributed by atoms with van der Waals surface area (Å²) in [6.07, 6.45) is 3.97. The van der Waals surface area contributed by atoms with Crippen LogP contribution >= 0.6 is 11.8 Å². The van der Waals surface area contributed by atoms with E-state index in [0.717, 1.165) is 29.6 Å². The molecule has 1 aliphatic carbocycles. The Bertz CT molecular complexity index is 935. The van der Waals surface area contributed by atoms with Gasteiger partial charge in [0.1, 0.15) is 11.6 Å². The molecule has 6 nitrogen and oxygen atoms in total. The molecule has 4 rings (SSSR count). The Labute approximate surface area is 175 Å². The first-order valence-electron chi connectivity index (χ1n) is 10.1. The zero-order valence-electron chi connectivity index (χ0n) is 16.7. The zero-order chi connectivity index (χ0) is 20.2. The number of hydrogen-bond donors (Lipinski definition) is 1. The second kappa shape index (κ2) is 8.86. The fraction of sp³-hybridized carbons (Fsp3) is 0.409. The summed E-state index contributed by atoms with van der Waals surface area (Å²) in [6.45, 7) is 5.24. The van der Waals surface area contributed by atoms with Gasteiger partial charge in [-0.3, -0.25) is 9.36 Å². The van der Waals surface area contributed by atoms with Crippen molar-refractivity contribution in [3.8, 4) is 0 Å². The van der Waals surface area contributed by atoms with Gasteiger partial charge >= 0.3 is 0 Å². The Balaban J connectivity index is 1.38. The van der Waals surface area contributed by atoms with Gasteiger partial charge in [0.25, 0.3) is 0 Å². The molecule has 2 aromatic heterocycles. The highest BCUT2D eigenvalue weighted by molar-refractivity contribution is 8.00. The van der Waals surface area contributed by atoms with Crippen molar-refractivity contribution in [3.05, 3.63) is 65.9 Å². The Morgan fingerprint density at radius 1 is 1.21 bits per heavy atom. The van der Waals surface area contributed by atoms with E-state index in [2.05, 4.69) is 39.1 Å². The third-order valence-corrected chi connectivity index (χ3v) is 6.26. The van der Waals surface area contributed by atoms with Gasteiger partial charge in [-0.2, -0.15) is 0 Å². The molecule has 2 heterocycles. The Morgan fingerprint density at radius 3 is 2.69 bits per heavy atom. The molecule has 1 aromatic carbocycles. The van der Waals surface area contributed by atoms with Crippen LogP contribution in [0, 0.1) is 0 Å². The van der Waals surface area contributed by atoms with Crippen molar-refractivity contribution in [3.63, 3.8) is 0 Å². The van der Waals surface area contributed by atoms with Crippen LogP contribution < -0.4 is 5.32 Å². The van der Waals surface area contributed by atoms with E-state index < -0.39 is 0 Å². The molecule has 29 heavy (non-hydrogen) atoms. The molecule has 2 unspecified atom stereocenters. The fourth-order valence-corrected chi connectivity index (χ4v) is 4.13. The summed E-state index contributed by atoms with van der Waals surface area (Å²) in [7, 11) is 0. The van der Waals surface area contributed by atoms with E-state index in [4.69, 9.17) is 4.42 Å². The maximum atomic E-state index is 12.7. The number of nitrogens with zero attached hydrogens (tertiary/aromatic N) is 3. The van der Waals surface area contributed by atoms with Gasteiger partial charge in [-0.05, 0) is 43.4 Å². The average molecular weight is 411 g/mol. The number of aromatic nitrogens is 3. The summed E-state index contributed by atoms with van der Waals surface area (Å²) in [5, 5.41) is 12.4. The van der Waals surface area contributed by atoms with Crippen molar-refractivity contribution >= 4 is 17.7 Å². The molecule has 0 saturated heterocycles. The summed E-state index contributed by atoms with van der Waals surface area (Å²) in [4.78, 5) is 12.7. The molecular formula is C22H26N4O2S. The SMILES string of the molecule is CC(Sc1nnc(C2CC2)n1Cc1ccco1)C(=O)NCC(C)c1ccccc1. The van der Waals surface area contributed by atoms with Crippen molar-refractivity contribution < 1.29 is 9.21 Å². The maximum Gasteiger partial charge on any atom is 0.233 e. The Hall–Kier alpha value is -2.54. The fourth-order valence-electron chi connectivity index (χ4n) is 3.25. The van der Waals surface area contributed by atoms with Crippen molar-refractivity contribution in [1.82, 2.24) is 20.1 Å². The predicted molar refractivity (Wildman–Crippen MR) is 113 cm³/mol. The van der Waals surface area contributed by atoms with Crippen LogP contribution in [0.3, 0.4) is 0 Å². The van der Waals surface area contributed by atoms with Gasteiger partial charge in [-0.15, -0.1) is 10.2 Å². The van der Waals surface area contributed by atoms with E-state index in [9.17, 15) is 4.79 Å². The third-order valence-electron chi connectivity index (χ3n) is 5.18. The van der Waals surface area contributed by atoms with Crippen LogP contribution in [0.4, 0.5) is 0 Å². The quantitative estimate of drug-likeness (QED) is 0.535. The number of benzene rings is 1. The number of carbonyl (C=O) groups is 1. The lowest BCUT2D eigenvalue weighted by Crippen LogP contribution is -2.33. The second-order valence-electron chi connectivity index (χ2n) is 7.60. The number of nitrogens with one attached hydrogen (secondary N) is 1. The smallest absolute Gasteiger partial charge is 0.233 e. The highest BCUT2D eigenvalue weighted by Gasteiger charge is 2.31. The minimum Gasteiger partial charge on any atom is -0.467 e.